The number of hydrogen-bond donors (Lipinski definition) is 1. The van der Waals surface area contributed by atoms with Crippen molar-refractivity contribution in [1.29, 1.82) is 0 Å². The van der Waals surface area contributed by atoms with Gasteiger partial charge in [0, 0.05) is 31.3 Å². The van der Waals surface area contributed by atoms with E-state index in [0.29, 0.717) is 11.3 Å². The summed E-state index contributed by atoms with van der Waals surface area (Å²) < 4.78 is 5.35. The first kappa shape index (κ1) is 17.9. The number of aliphatic hydroxyl groups is 1. The van der Waals surface area contributed by atoms with Crippen LogP contribution in [0.25, 0.3) is 0 Å². The van der Waals surface area contributed by atoms with E-state index in [0.717, 1.165) is 5.56 Å². The maximum atomic E-state index is 12.5. The first-order valence-electron chi connectivity index (χ1n) is 8.55. The monoisotopic (exact) mass is 354 g/mol. The molecule has 1 aliphatic rings. The Kier molecular flexibility index (Phi) is 5.53. The van der Waals surface area contributed by atoms with Crippen LogP contribution < -0.4 is 4.90 Å². The predicted octanol–water partition coefficient (Wildman–Crippen LogP) is 2.73. The molecule has 1 aliphatic heterocycles. The van der Waals surface area contributed by atoms with Crippen LogP contribution in [0.4, 0.5) is 10.5 Å². The minimum Gasteiger partial charge on any atom is -0.445 e. The van der Waals surface area contributed by atoms with E-state index in [-0.39, 0.29) is 32.0 Å². The number of para-hydroxylation sites is 1. The molecule has 2 aromatic rings. The SMILES string of the molecule is CN1C(=O)CCN(C(=O)OCc2ccccc2)CC(O)c2ccccc21. The Labute approximate surface area is 152 Å². The van der Waals surface area contributed by atoms with E-state index in [9.17, 15) is 14.7 Å². The number of anilines is 1. The Morgan fingerprint density at radius 3 is 2.62 bits per heavy atom. The summed E-state index contributed by atoms with van der Waals surface area (Å²) in [4.78, 5) is 27.8. The second-order valence-corrected chi connectivity index (χ2v) is 6.26. The van der Waals surface area contributed by atoms with Gasteiger partial charge < -0.3 is 19.6 Å². The van der Waals surface area contributed by atoms with Crippen LogP contribution in [0, 0.1) is 0 Å². The number of ether oxygens (including phenoxy) is 1. The van der Waals surface area contributed by atoms with Gasteiger partial charge in [0.2, 0.25) is 5.91 Å². The number of benzene rings is 2. The quantitative estimate of drug-likeness (QED) is 0.900. The highest BCUT2D eigenvalue weighted by molar-refractivity contribution is 5.94. The number of amides is 2. The molecule has 3 rings (SSSR count). The van der Waals surface area contributed by atoms with Crippen LogP contribution in [0.15, 0.2) is 54.6 Å². The number of fused-ring (bicyclic) bond motifs is 1. The van der Waals surface area contributed by atoms with Gasteiger partial charge in [0.05, 0.1) is 12.6 Å². The summed E-state index contributed by atoms with van der Waals surface area (Å²) in [5, 5.41) is 10.6. The number of carbonyl (C=O) groups is 2. The van der Waals surface area contributed by atoms with Crippen LogP contribution in [0.1, 0.15) is 23.7 Å². The van der Waals surface area contributed by atoms with Gasteiger partial charge in [0.15, 0.2) is 0 Å². The lowest BCUT2D eigenvalue weighted by Crippen LogP contribution is -2.37. The minimum atomic E-state index is -0.899. The van der Waals surface area contributed by atoms with Gasteiger partial charge in [-0.1, -0.05) is 48.5 Å². The largest absolute Gasteiger partial charge is 0.445 e. The summed E-state index contributed by atoms with van der Waals surface area (Å²) >= 11 is 0. The predicted molar refractivity (Wildman–Crippen MR) is 97.6 cm³/mol. The van der Waals surface area contributed by atoms with E-state index in [1.165, 1.54) is 9.80 Å². The summed E-state index contributed by atoms with van der Waals surface area (Å²) in [7, 11) is 1.68. The third kappa shape index (κ3) is 4.03. The molecule has 0 aliphatic carbocycles. The second kappa shape index (κ2) is 8.01. The highest BCUT2D eigenvalue weighted by atomic mass is 16.6. The number of aliphatic hydroxyl groups excluding tert-OH is 1. The molecule has 0 aromatic heterocycles. The zero-order chi connectivity index (χ0) is 18.5. The average molecular weight is 354 g/mol. The van der Waals surface area contributed by atoms with Gasteiger partial charge in [-0.25, -0.2) is 4.79 Å². The van der Waals surface area contributed by atoms with Crippen molar-refractivity contribution in [2.75, 3.05) is 25.0 Å². The molecule has 0 saturated carbocycles. The van der Waals surface area contributed by atoms with Crippen LogP contribution in [0.5, 0.6) is 0 Å². The number of rotatable bonds is 2. The Morgan fingerprint density at radius 1 is 1.15 bits per heavy atom. The van der Waals surface area contributed by atoms with Crippen LogP contribution >= 0.6 is 0 Å². The first-order chi connectivity index (χ1) is 12.6. The van der Waals surface area contributed by atoms with E-state index in [2.05, 4.69) is 0 Å². The Balaban J connectivity index is 1.75. The maximum absolute atomic E-state index is 12.5. The van der Waals surface area contributed by atoms with Gasteiger partial charge in [-0.15, -0.1) is 0 Å². The molecule has 1 unspecified atom stereocenters. The van der Waals surface area contributed by atoms with Crippen molar-refractivity contribution >= 4 is 17.7 Å². The standard InChI is InChI=1S/C20H22N2O4/c1-21-17-10-6-5-9-16(17)18(23)13-22(12-11-19(21)24)20(25)26-14-15-7-3-2-4-8-15/h2-10,18,23H,11-14H2,1H3. The molecule has 6 heteroatoms. The number of β-amino-alcohol motifs (C(OH)–C–C–N with tert-alkyl or cyclic N) is 1. The first-order valence-corrected chi connectivity index (χ1v) is 8.55. The van der Waals surface area contributed by atoms with Gasteiger partial charge in [-0.3, -0.25) is 4.79 Å². The summed E-state index contributed by atoms with van der Waals surface area (Å²) in [6.07, 6.45) is -1.27. The van der Waals surface area contributed by atoms with Crippen molar-refractivity contribution < 1.29 is 19.4 Å². The minimum absolute atomic E-state index is 0.0752. The molecule has 0 bridgehead atoms. The molecule has 2 amide bonds. The average Bonchev–Trinajstić information content (AvgIpc) is 2.72. The molecule has 1 atom stereocenters. The molecule has 0 radical (unpaired) electrons. The summed E-state index contributed by atoms with van der Waals surface area (Å²) in [5.41, 5.74) is 2.16. The molecule has 6 nitrogen and oxygen atoms in total. The molecule has 1 heterocycles. The third-order valence-corrected chi connectivity index (χ3v) is 4.48. The molecule has 0 saturated heterocycles. The fourth-order valence-electron chi connectivity index (χ4n) is 2.98. The molecule has 26 heavy (non-hydrogen) atoms. The zero-order valence-electron chi connectivity index (χ0n) is 14.7. The smallest absolute Gasteiger partial charge is 0.410 e. The van der Waals surface area contributed by atoms with Gasteiger partial charge in [-0.2, -0.15) is 0 Å². The molecule has 2 aromatic carbocycles. The highest BCUT2D eigenvalue weighted by Gasteiger charge is 2.27. The van der Waals surface area contributed by atoms with E-state index >= 15 is 0 Å². The van der Waals surface area contributed by atoms with E-state index in [1.807, 2.05) is 36.4 Å². The summed E-state index contributed by atoms with van der Waals surface area (Å²) in [6.45, 7) is 0.421. The van der Waals surface area contributed by atoms with Crippen LogP contribution in [0.3, 0.4) is 0 Å². The van der Waals surface area contributed by atoms with Crippen molar-refractivity contribution in [2.45, 2.75) is 19.1 Å². The van der Waals surface area contributed by atoms with Crippen LogP contribution in [-0.2, 0) is 16.1 Å². The van der Waals surface area contributed by atoms with Crippen LogP contribution in [-0.4, -0.2) is 42.1 Å². The van der Waals surface area contributed by atoms with Crippen molar-refractivity contribution in [3.63, 3.8) is 0 Å². The normalized spacial score (nSPS) is 17.8. The Morgan fingerprint density at radius 2 is 1.85 bits per heavy atom. The number of nitrogens with zero attached hydrogens (tertiary/aromatic N) is 2. The third-order valence-electron chi connectivity index (χ3n) is 4.48. The van der Waals surface area contributed by atoms with Gasteiger partial charge in [-0.05, 0) is 11.6 Å². The van der Waals surface area contributed by atoms with Gasteiger partial charge >= 0.3 is 6.09 Å². The van der Waals surface area contributed by atoms with E-state index < -0.39 is 12.2 Å². The number of carbonyl (C=O) groups excluding carboxylic acids is 2. The van der Waals surface area contributed by atoms with Gasteiger partial charge in [0.1, 0.15) is 6.61 Å². The van der Waals surface area contributed by atoms with E-state index in [1.54, 1.807) is 25.2 Å². The molecule has 1 N–H and O–H groups in total. The molecule has 0 fully saturated rings. The number of hydrogen-bond acceptors (Lipinski definition) is 4. The fraction of sp³-hybridized carbons (Fsp3) is 0.300. The maximum Gasteiger partial charge on any atom is 0.410 e. The molecular weight excluding hydrogens is 332 g/mol. The lowest BCUT2D eigenvalue weighted by Gasteiger charge is -2.24. The summed E-state index contributed by atoms with van der Waals surface area (Å²) in [6, 6.07) is 16.6. The molecular formula is C20H22N2O4. The van der Waals surface area contributed by atoms with Crippen molar-refractivity contribution in [3.05, 3.63) is 65.7 Å². The Hall–Kier alpha value is -2.86. The zero-order valence-corrected chi connectivity index (χ0v) is 14.7. The topological polar surface area (TPSA) is 70.1 Å². The summed E-state index contributed by atoms with van der Waals surface area (Å²) in [5.74, 6) is -0.118. The van der Waals surface area contributed by atoms with E-state index in [4.69, 9.17) is 4.74 Å². The molecule has 0 spiro atoms. The van der Waals surface area contributed by atoms with Crippen molar-refractivity contribution in [2.24, 2.45) is 0 Å². The molecule has 136 valence electrons. The lowest BCUT2D eigenvalue weighted by atomic mass is 10.1. The second-order valence-electron chi connectivity index (χ2n) is 6.26. The van der Waals surface area contributed by atoms with Crippen LogP contribution in [0.2, 0.25) is 0 Å². The van der Waals surface area contributed by atoms with Crippen molar-refractivity contribution in [1.82, 2.24) is 4.90 Å². The highest BCUT2D eigenvalue weighted by Crippen LogP contribution is 2.28. The van der Waals surface area contributed by atoms with Crippen molar-refractivity contribution in [3.8, 4) is 0 Å². The lowest BCUT2D eigenvalue weighted by molar-refractivity contribution is -0.118. The van der Waals surface area contributed by atoms with Gasteiger partial charge in [0.25, 0.3) is 0 Å². The Bertz CT molecular complexity index is 778. The fourth-order valence-corrected chi connectivity index (χ4v) is 2.98.